The molecule has 0 saturated carbocycles. The maximum absolute atomic E-state index is 5.12. The van der Waals surface area contributed by atoms with Crippen molar-refractivity contribution in [3.05, 3.63) is 425 Å². The lowest BCUT2D eigenvalue weighted by Gasteiger charge is -2.15. The first-order valence-corrected chi connectivity index (χ1v) is 47.6. The van der Waals surface area contributed by atoms with Crippen molar-refractivity contribution in [2.75, 3.05) is 0 Å². The molecule has 8 nitrogen and oxygen atoms in total. The Morgan fingerprint density at radius 2 is 0.379 bits per heavy atom. The van der Waals surface area contributed by atoms with Gasteiger partial charge >= 0.3 is 0 Å². The Bertz CT molecular complexity index is 9480. The van der Waals surface area contributed by atoms with Crippen molar-refractivity contribution in [1.82, 2.24) is 39.0 Å². The van der Waals surface area contributed by atoms with Crippen LogP contribution in [0.1, 0.15) is 0 Å². The number of aromatic nitrogens is 8. The monoisotopic (exact) mass is 1750 g/mol. The predicted octanol–water partition coefficient (Wildman–Crippen LogP) is 33.9. The lowest BCUT2D eigenvalue weighted by Crippen LogP contribution is -2.00. The third-order valence-corrected chi connectivity index (χ3v) is 30.8. The van der Waals surface area contributed by atoms with Crippen molar-refractivity contribution >= 4 is 202 Å². The number of fused-ring (bicyclic) bond motifs is 24. The standard InChI is InChI=1S/C63H36N4S2.C57H34N4S2/c1-3-13-37(14-4-1)61-64-62(38-15-5-2-6-16-38)66-63(65-61)41-23-27-45-43-17-7-8-18-44(43)46-28-26-42(34-50(46)49(45)33-41)67-55-21-11-9-19-47(55)51-31-39(24-29-56(51)67)40-25-30-58-52(32-40)54-36-59-53(35-60(54)69-58)48-20-10-12-22-57(48)68-59;1-3-11-37(12-4-1)55-58-56(38-13-5-2-6-14-38)60-57(59-55)39-21-19-35(20-22-39)36-23-27-42(28-24-36)61-49-17-9-7-15-43(49)45-31-40(25-29-50(45)61)41-26-30-52-46(32-41)48-34-53-47(33-54(48)63-52)44-16-8-10-18-51(44)62-53/h1-36H;1-34H. The minimum Gasteiger partial charge on any atom is -0.309 e. The van der Waals surface area contributed by atoms with Crippen molar-refractivity contribution in [3.8, 4) is 113 Å². The van der Waals surface area contributed by atoms with Gasteiger partial charge in [0.05, 0.1) is 22.1 Å². The Balaban J connectivity index is 0.000000136. The zero-order valence-corrected chi connectivity index (χ0v) is 73.9. The molecule has 12 heteroatoms. The zero-order valence-electron chi connectivity index (χ0n) is 70.6. The number of rotatable bonds is 11. The van der Waals surface area contributed by atoms with Crippen LogP contribution in [0.25, 0.3) is 270 Å². The Kier molecular flexibility index (Phi) is 17.6. The van der Waals surface area contributed by atoms with Gasteiger partial charge in [-0.2, -0.15) is 0 Å². The third-order valence-electron chi connectivity index (χ3n) is 26.3. The lowest BCUT2D eigenvalue weighted by atomic mass is 9.93. The highest BCUT2D eigenvalue weighted by molar-refractivity contribution is 7.28. The highest BCUT2D eigenvalue weighted by atomic mass is 32.1. The summed E-state index contributed by atoms with van der Waals surface area (Å²) in [6, 6.07) is 153. The molecule has 0 aliphatic carbocycles. The van der Waals surface area contributed by atoms with E-state index in [-0.39, 0.29) is 0 Å². The second-order valence-corrected chi connectivity index (χ2v) is 38.3. The number of thiophene rings is 4. The van der Waals surface area contributed by atoms with Gasteiger partial charge in [0.15, 0.2) is 34.9 Å². The molecule has 0 aliphatic rings. The number of hydrogen-bond acceptors (Lipinski definition) is 10. The molecule has 0 aliphatic heterocycles. The Morgan fingerprint density at radius 1 is 0.129 bits per heavy atom. The van der Waals surface area contributed by atoms with Crippen LogP contribution in [0.15, 0.2) is 425 Å². The summed E-state index contributed by atoms with van der Waals surface area (Å²) < 4.78 is 15.5. The van der Waals surface area contributed by atoms with E-state index in [4.69, 9.17) is 29.9 Å². The van der Waals surface area contributed by atoms with Crippen LogP contribution in [0.2, 0.25) is 0 Å². The zero-order chi connectivity index (χ0) is 86.6. The minimum absolute atomic E-state index is 0.639. The molecule has 8 aromatic heterocycles. The molecule has 0 amide bonds. The molecule has 28 aromatic rings. The summed E-state index contributed by atoms with van der Waals surface area (Å²) in [6.45, 7) is 0. The molecule has 0 fully saturated rings. The van der Waals surface area contributed by atoms with Gasteiger partial charge in [-0.05, 0) is 193 Å². The quantitative estimate of drug-likeness (QED) is 0.120. The van der Waals surface area contributed by atoms with Crippen LogP contribution < -0.4 is 0 Å². The molecule has 0 N–H and O–H groups in total. The summed E-state index contributed by atoms with van der Waals surface area (Å²) in [7, 11) is 0. The van der Waals surface area contributed by atoms with Gasteiger partial charge in [0.1, 0.15) is 0 Å². The van der Waals surface area contributed by atoms with E-state index < -0.39 is 0 Å². The van der Waals surface area contributed by atoms with Gasteiger partial charge in [-0.15, -0.1) is 45.3 Å². The molecule has 20 aromatic carbocycles. The van der Waals surface area contributed by atoms with Gasteiger partial charge in [0, 0.05) is 147 Å². The van der Waals surface area contributed by atoms with Crippen LogP contribution in [0.4, 0.5) is 0 Å². The summed E-state index contributed by atoms with van der Waals surface area (Å²) in [5.41, 5.74) is 19.8. The van der Waals surface area contributed by atoms with E-state index in [1.807, 2.05) is 142 Å². The largest absolute Gasteiger partial charge is 0.309 e. The fourth-order valence-corrected chi connectivity index (χ4v) is 24.4. The SMILES string of the molecule is c1ccc(-c2nc(-c3ccccc3)nc(-c3ccc(-c4ccc(-n5c6ccccc6c6cc(-c7ccc8sc9cc%10c(cc9c8c7)sc7ccccc7%10)ccc65)cc4)cc3)n2)cc1.c1ccc(-c2nc(-c3ccccc3)nc(-c3ccc4c5ccccc5c5ccc(-n6c7ccccc7c7cc(-c8ccc9sc%10cc%11c(cc%10c9c8)sc8ccccc8%11)ccc76)cc5c4c3)n2)cc1. The van der Waals surface area contributed by atoms with E-state index in [9.17, 15) is 0 Å². The first kappa shape index (κ1) is 75.8. The number of benzene rings is 20. The molecule has 8 heterocycles. The smallest absolute Gasteiger partial charge is 0.164 e. The average Bonchev–Trinajstić information content (AvgIpc) is 1.65. The summed E-state index contributed by atoms with van der Waals surface area (Å²) in [5, 5.41) is 22.8. The highest BCUT2D eigenvalue weighted by Gasteiger charge is 2.23. The van der Waals surface area contributed by atoms with Crippen molar-refractivity contribution in [2.45, 2.75) is 0 Å². The highest BCUT2D eigenvalue weighted by Crippen LogP contribution is 2.49. The molecule has 28 rings (SSSR count). The van der Waals surface area contributed by atoms with Crippen LogP contribution in [-0.2, 0) is 0 Å². The van der Waals surface area contributed by atoms with E-state index in [1.54, 1.807) is 0 Å². The number of nitrogens with zero attached hydrogens (tertiary/aromatic N) is 8. The molecule has 0 bridgehead atoms. The molecule has 132 heavy (non-hydrogen) atoms. The number of para-hydroxylation sites is 2. The van der Waals surface area contributed by atoms with E-state index in [1.165, 1.54) is 173 Å². The topological polar surface area (TPSA) is 87.2 Å². The molecule has 614 valence electrons. The molecular weight excluding hydrogens is 1680 g/mol. The van der Waals surface area contributed by atoms with Crippen LogP contribution in [-0.4, -0.2) is 39.0 Å². The summed E-state index contributed by atoms with van der Waals surface area (Å²) >= 11 is 7.56. The van der Waals surface area contributed by atoms with Gasteiger partial charge in [0.2, 0.25) is 0 Å². The third kappa shape index (κ3) is 12.7. The fraction of sp³-hybridized carbons (Fsp3) is 0. The van der Waals surface area contributed by atoms with E-state index in [0.29, 0.717) is 34.9 Å². The van der Waals surface area contributed by atoms with Crippen LogP contribution in [0.5, 0.6) is 0 Å². The van der Waals surface area contributed by atoms with Crippen LogP contribution in [0.3, 0.4) is 0 Å². The van der Waals surface area contributed by atoms with E-state index in [0.717, 1.165) is 61.3 Å². The molecule has 0 unspecified atom stereocenters. The second kappa shape index (κ2) is 30.7. The number of hydrogen-bond donors (Lipinski definition) is 0. The van der Waals surface area contributed by atoms with E-state index in [2.05, 4.69) is 337 Å². The van der Waals surface area contributed by atoms with Crippen molar-refractivity contribution < 1.29 is 0 Å². The van der Waals surface area contributed by atoms with Crippen molar-refractivity contribution in [2.24, 2.45) is 0 Å². The minimum atomic E-state index is 0.639. The fourth-order valence-electron chi connectivity index (χ4n) is 19.9. The van der Waals surface area contributed by atoms with Gasteiger partial charge in [-0.25, -0.2) is 29.9 Å². The molecule has 0 atom stereocenters. The van der Waals surface area contributed by atoms with Gasteiger partial charge < -0.3 is 9.13 Å². The molecular formula is C120H70N8S4. The Hall–Kier alpha value is -16.3. The van der Waals surface area contributed by atoms with E-state index >= 15 is 0 Å². The van der Waals surface area contributed by atoms with Crippen molar-refractivity contribution in [1.29, 1.82) is 0 Å². The van der Waals surface area contributed by atoms with Crippen molar-refractivity contribution in [3.63, 3.8) is 0 Å². The maximum atomic E-state index is 5.12. The average molecular weight is 1750 g/mol. The molecule has 0 saturated heterocycles. The molecule has 0 radical (unpaired) electrons. The maximum Gasteiger partial charge on any atom is 0.164 e. The van der Waals surface area contributed by atoms with Crippen LogP contribution >= 0.6 is 45.3 Å². The van der Waals surface area contributed by atoms with Gasteiger partial charge in [-0.1, -0.05) is 297 Å². The Morgan fingerprint density at radius 3 is 0.803 bits per heavy atom. The lowest BCUT2D eigenvalue weighted by molar-refractivity contribution is 1.07. The molecule has 0 spiro atoms. The predicted molar refractivity (Wildman–Crippen MR) is 561 cm³/mol. The summed E-state index contributed by atoms with van der Waals surface area (Å²) in [6.07, 6.45) is 0. The summed E-state index contributed by atoms with van der Waals surface area (Å²) in [4.78, 5) is 29.9. The Labute approximate surface area is 772 Å². The van der Waals surface area contributed by atoms with Gasteiger partial charge in [-0.3, -0.25) is 0 Å². The van der Waals surface area contributed by atoms with Crippen LogP contribution in [0, 0.1) is 0 Å². The first-order chi connectivity index (χ1) is 65.3. The summed E-state index contributed by atoms with van der Waals surface area (Å²) in [5.74, 6) is 3.89. The van der Waals surface area contributed by atoms with Gasteiger partial charge in [0.25, 0.3) is 0 Å². The first-order valence-electron chi connectivity index (χ1n) is 44.3. The normalized spacial score (nSPS) is 11.9. The second-order valence-electron chi connectivity index (χ2n) is 33.9.